The van der Waals surface area contributed by atoms with Gasteiger partial charge in [0.1, 0.15) is 0 Å². The predicted molar refractivity (Wildman–Crippen MR) is 114 cm³/mol. The van der Waals surface area contributed by atoms with Crippen molar-refractivity contribution >= 4 is 29.3 Å². The Hall–Kier alpha value is -3.44. The van der Waals surface area contributed by atoms with Crippen molar-refractivity contribution < 1.29 is 14.4 Å². The van der Waals surface area contributed by atoms with Crippen LogP contribution in [-0.2, 0) is 9.59 Å². The van der Waals surface area contributed by atoms with Crippen molar-refractivity contribution in [2.24, 2.45) is 11.8 Å². The van der Waals surface area contributed by atoms with Gasteiger partial charge in [-0.25, -0.2) is 0 Å². The second-order valence-electron chi connectivity index (χ2n) is 8.23. The molecule has 1 aliphatic heterocycles. The summed E-state index contributed by atoms with van der Waals surface area (Å²) in [5.41, 5.74) is 7.20. The van der Waals surface area contributed by atoms with Crippen LogP contribution in [0.2, 0.25) is 5.02 Å². The molecule has 1 saturated heterocycles. The zero-order valence-electron chi connectivity index (χ0n) is 16.3. The number of hydrogen-bond donors (Lipinski definition) is 1. The van der Waals surface area contributed by atoms with Gasteiger partial charge < -0.3 is 0 Å². The molecule has 1 N–H and O–H groups in total. The molecule has 0 radical (unpaired) electrons. The van der Waals surface area contributed by atoms with Gasteiger partial charge in [-0.3, -0.25) is 19.8 Å². The number of benzene rings is 3. The van der Waals surface area contributed by atoms with E-state index in [1.807, 2.05) is 48.5 Å². The molecule has 0 spiro atoms. The summed E-state index contributed by atoms with van der Waals surface area (Å²) in [4.78, 5) is 39.7. The van der Waals surface area contributed by atoms with E-state index in [9.17, 15) is 14.4 Å². The van der Waals surface area contributed by atoms with Crippen LogP contribution < -0.4 is 5.43 Å². The van der Waals surface area contributed by atoms with Crippen LogP contribution in [-0.4, -0.2) is 22.7 Å². The summed E-state index contributed by atoms with van der Waals surface area (Å²) >= 11 is 5.98. The SMILES string of the molecule is O=C(NN1C(=O)[C@@H]2C3c4ccccc4C(c4ccccc43)[C@H]2C1=O)c1cccc(Cl)c1. The Bertz CT molecular complexity index is 1170. The summed E-state index contributed by atoms with van der Waals surface area (Å²) in [5, 5.41) is 1.33. The van der Waals surface area contributed by atoms with Crippen LogP contribution in [0.25, 0.3) is 0 Å². The van der Waals surface area contributed by atoms with Crippen LogP contribution in [0.5, 0.6) is 0 Å². The zero-order chi connectivity index (χ0) is 21.3. The van der Waals surface area contributed by atoms with Gasteiger partial charge in [-0.15, -0.1) is 0 Å². The molecular weight excluding hydrogens is 412 g/mol. The Balaban J connectivity index is 1.42. The van der Waals surface area contributed by atoms with Crippen molar-refractivity contribution in [3.63, 3.8) is 0 Å². The monoisotopic (exact) mass is 428 g/mol. The minimum atomic E-state index is -0.537. The van der Waals surface area contributed by atoms with E-state index in [-0.39, 0.29) is 29.2 Å². The van der Waals surface area contributed by atoms with Crippen molar-refractivity contribution in [1.29, 1.82) is 0 Å². The molecule has 0 saturated carbocycles. The maximum absolute atomic E-state index is 13.5. The van der Waals surface area contributed by atoms with E-state index in [0.29, 0.717) is 5.02 Å². The third-order valence-electron chi connectivity index (χ3n) is 6.75. The number of rotatable bonds is 2. The molecule has 2 atom stereocenters. The normalized spacial score (nSPS) is 25.1. The van der Waals surface area contributed by atoms with Crippen LogP contribution in [0.1, 0.15) is 44.4 Å². The maximum atomic E-state index is 13.5. The third kappa shape index (κ3) is 2.47. The molecule has 1 fully saturated rings. The fourth-order valence-electron chi connectivity index (χ4n) is 5.58. The molecule has 3 aliphatic carbocycles. The van der Waals surface area contributed by atoms with E-state index in [4.69, 9.17) is 11.6 Å². The van der Waals surface area contributed by atoms with Gasteiger partial charge in [-0.1, -0.05) is 66.2 Å². The predicted octanol–water partition coefficient (Wildman–Crippen LogP) is 3.88. The Labute approximate surface area is 183 Å². The fraction of sp³-hybridized carbons (Fsp3) is 0.160. The number of carbonyl (C=O) groups is 3. The highest BCUT2D eigenvalue weighted by molar-refractivity contribution is 6.31. The molecular formula is C25H17ClN2O3. The first-order valence-electron chi connectivity index (χ1n) is 10.2. The summed E-state index contributed by atoms with van der Waals surface area (Å²) in [5.74, 6) is -2.71. The van der Waals surface area contributed by atoms with Crippen molar-refractivity contribution in [1.82, 2.24) is 10.4 Å². The van der Waals surface area contributed by atoms with Crippen LogP contribution in [0.15, 0.2) is 72.8 Å². The Morgan fingerprint density at radius 3 is 1.68 bits per heavy atom. The van der Waals surface area contributed by atoms with E-state index in [1.54, 1.807) is 18.2 Å². The molecule has 2 bridgehead atoms. The Morgan fingerprint density at radius 1 is 0.742 bits per heavy atom. The first-order chi connectivity index (χ1) is 15.1. The molecule has 0 aromatic heterocycles. The summed E-state index contributed by atoms with van der Waals surface area (Å²) in [6, 6.07) is 22.5. The van der Waals surface area contributed by atoms with Crippen LogP contribution >= 0.6 is 11.6 Å². The number of hydrazine groups is 1. The number of hydrogen-bond acceptors (Lipinski definition) is 3. The molecule has 0 unspecified atom stereocenters. The molecule has 6 heteroatoms. The summed E-state index contributed by atoms with van der Waals surface area (Å²) in [6.07, 6.45) is 0. The summed E-state index contributed by atoms with van der Waals surface area (Å²) in [6.45, 7) is 0. The minimum absolute atomic E-state index is 0.202. The smallest absolute Gasteiger partial charge is 0.270 e. The largest absolute Gasteiger partial charge is 0.272 e. The maximum Gasteiger partial charge on any atom is 0.270 e. The van der Waals surface area contributed by atoms with Crippen molar-refractivity contribution in [2.45, 2.75) is 11.8 Å². The first-order valence-corrected chi connectivity index (χ1v) is 10.6. The van der Waals surface area contributed by atoms with Crippen molar-refractivity contribution in [3.8, 4) is 0 Å². The lowest BCUT2D eigenvalue weighted by molar-refractivity contribution is -0.142. The summed E-state index contributed by atoms with van der Waals surface area (Å²) in [7, 11) is 0. The molecule has 5 nitrogen and oxygen atoms in total. The molecule has 152 valence electrons. The fourth-order valence-corrected chi connectivity index (χ4v) is 5.77. The van der Waals surface area contributed by atoms with E-state index in [2.05, 4.69) is 5.43 Å². The van der Waals surface area contributed by atoms with Crippen LogP contribution in [0.3, 0.4) is 0 Å². The number of amides is 3. The average molecular weight is 429 g/mol. The number of imide groups is 1. The molecule has 3 amide bonds. The average Bonchev–Trinajstić information content (AvgIpc) is 3.04. The van der Waals surface area contributed by atoms with Crippen molar-refractivity contribution in [2.75, 3.05) is 0 Å². The molecule has 1 heterocycles. The second-order valence-corrected chi connectivity index (χ2v) is 8.66. The number of halogens is 1. The highest BCUT2D eigenvalue weighted by atomic mass is 35.5. The lowest BCUT2D eigenvalue weighted by atomic mass is 9.55. The van der Waals surface area contributed by atoms with E-state index >= 15 is 0 Å². The van der Waals surface area contributed by atoms with Crippen molar-refractivity contribution in [3.05, 3.63) is 106 Å². The highest BCUT2D eigenvalue weighted by Gasteiger charge is 2.62. The van der Waals surface area contributed by atoms with E-state index < -0.39 is 17.7 Å². The van der Waals surface area contributed by atoms with Gasteiger partial charge >= 0.3 is 0 Å². The van der Waals surface area contributed by atoms with Gasteiger partial charge in [-0.05, 0) is 40.5 Å². The van der Waals surface area contributed by atoms with Crippen LogP contribution in [0, 0.1) is 11.8 Å². The van der Waals surface area contributed by atoms with Crippen LogP contribution in [0.4, 0.5) is 0 Å². The zero-order valence-corrected chi connectivity index (χ0v) is 17.0. The molecule has 3 aromatic rings. The lowest BCUT2D eigenvalue weighted by Gasteiger charge is -2.45. The molecule has 3 aromatic carbocycles. The minimum Gasteiger partial charge on any atom is -0.272 e. The summed E-state index contributed by atoms with van der Waals surface area (Å²) < 4.78 is 0. The standard InChI is InChI=1S/C25H17ClN2O3/c26-14-7-5-6-13(12-14)23(29)27-28-24(30)21-19-15-8-1-2-9-16(15)20(22(21)25(28)31)18-11-4-3-10-17(18)19/h1-12,19-22H,(H,27,29)/t19?,20?,21-,22-/m1/s1. The number of nitrogens with one attached hydrogen (secondary N) is 1. The number of carbonyl (C=O) groups excluding carboxylic acids is 3. The van der Waals surface area contributed by atoms with E-state index in [1.165, 1.54) is 6.07 Å². The van der Waals surface area contributed by atoms with Gasteiger partial charge in [0.15, 0.2) is 0 Å². The molecule has 31 heavy (non-hydrogen) atoms. The quantitative estimate of drug-likeness (QED) is 0.630. The Kier molecular flexibility index (Phi) is 3.86. The van der Waals surface area contributed by atoms with Gasteiger partial charge in [0.2, 0.25) is 0 Å². The second kappa shape index (κ2) is 6.53. The van der Waals surface area contributed by atoms with Gasteiger partial charge in [-0.2, -0.15) is 5.01 Å². The topological polar surface area (TPSA) is 66.5 Å². The van der Waals surface area contributed by atoms with Gasteiger partial charge in [0.25, 0.3) is 17.7 Å². The van der Waals surface area contributed by atoms with E-state index in [0.717, 1.165) is 27.3 Å². The van der Waals surface area contributed by atoms with Gasteiger partial charge in [0, 0.05) is 22.4 Å². The first kappa shape index (κ1) is 18.3. The number of nitrogens with zero attached hydrogens (tertiary/aromatic N) is 1. The molecule has 7 rings (SSSR count). The van der Waals surface area contributed by atoms with Gasteiger partial charge in [0.05, 0.1) is 11.8 Å². The Morgan fingerprint density at radius 2 is 1.23 bits per heavy atom. The lowest BCUT2D eigenvalue weighted by Crippen LogP contribution is -2.46. The molecule has 4 aliphatic rings. The highest BCUT2D eigenvalue weighted by Crippen LogP contribution is 2.60. The third-order valence-corrected chi connectivity index (χ3v) is 6.98.